The molecule has 0 saturated carbocycles. The molecule has 2 aromatic heterocycles. The van der Waals surface area contributed by atoms with E-state index in [2.05, 4.69) is 24.8 Å². The molecule has 24 heavy (non-hydrogen) atoms. The molecule has 7 heteroatoms. The third kappa shape index (κ3) is 2.64. The van der Waals surface area contributed by atoms with E-state index in [4.69, 9.17) is 0 Å². The Kier molecular flexibility index (Phi) is 3.53. The van der Waals surface area contributed by atoms with Gasteiger partial charge in [0.2, 0.25) is 0 Å². The number of fused-ring (bicyclic) bond motifs is 1. The van der Waals surface area contributed by atoms with Gasteiger partial charge in [-0.15, -0.1) is 0 Å². The Morgan fingerprint density at radius 3 is 2.46 bits per heavy atom. The maximum Gasteiger partial charge on any atom is 0.197 e. The normalized spacial score (nSPS) is 13.6. The van der Waals surface area contributed by atoms with Gasteiger partial charge in [0.25, 0.3) is 0 Å². The van der Waals surface area contributed by atoms with E-state index in [1.807, 2.05) is 0 Å². The van der Waals surface area contributed by atoms with Crippen LogP contribution in [0.15, 0.2) is 43.0 Å². The van der Waals surface area contributed by atoms with Crippen molar-refractivity contribution in [2.45, 2.75) is 13.0 Å². The number of aromatic nitrogens is 4. The van der Waals surface area contributed by atoms with Crippen LogP contribution < -0.4 is 4.90 Å². The molecule has 1 aromatic carbocycles. The fraction of sp³-hybridized carbons (Fsp3) is 0.176. The van der Waals surface area contributed by atoms with Crippen LogP contribution >= 0.6 is 0 Å². The van der Waals surface area contributed by atoms with E-state index < -0.39 is 0 Å². The molecule has 4 rings (SSSR count). The van der Waals surface area contributed by atoms with E-state index >= 15 is 0 Å². The van der Waals surface area contributed by atoms with Gasteiger partial charge in [0.05, 0.1) is 18.1 Å². The maximum absolute atomic E-state index is 13.9. The summed E-state index contributed by atoms with van der Waals surface area (Å²) in [6.07, 6.45) is 7.28. The van der Waals surface area contributed by atoms with Gasteiger partial charge in [-0.1, -0.05) is 0 Å². The smallest absolute Gasteiger partial charge is 0.197 e. The van der Waals surface area contributed by atoms with Crippen molar-refractivity contribution in [2.75, 3.05) is 11.4 Å². The first-order chi connectivity index (χ1) is 11.7. The second-order valence-corrected chi connectivity index (χ2v) is 5.57. The van der Waals surface area contributed by atoms with Gasteiger partial charge in [-0.25, -0.2) is 24.3 Å². The molecule has 120 valence electrons. The lowest BCUT2D eigenvalue weighted by molar-refractivity contribution is 0.465. The van der Waals surface area contributed by atoms with Crippen LogP contribution in [0.4, 0.5) is 10.1 Å². The van der Waals surface area contributed by atoms with E-state index in [-0.39, 0.29) is 11.6 Å². The quantitative estimate of drug-likeness (QED) is 0.780. The maximum atomic E-state index is 13.9. The van der Waals surface area contributed by atoms with Gasteiger partial charge >= 0.3 is 0 Å². The number of phenols is 1. The molecule has 1 aliphatic heterocycles. The number of hydrogen-bond donors (Lipinski definition) is 1. The summed E-state index contributed by atoms with van der Waals surface area (Å²) in [7, 11) is 0. The van der Waals surface area contributed by atoms with E-state index in [0.717, 1.165) is 17.3 Å². The highest BCUT2D eigenvalue weighted by Gasteiger charge is 2.21. The van der Waals surface area contributed by atoms with E-state index in [1.165, 1.54) is 0 Å². The number of benzene rings is 1. The highest BCUT2D eigenvalue weighted by Crippen LogP contribution is 2.28. The Morgan fingerprint density at radius 1 is 1.00 bits per heavy atom. The SMILES string of the molecule is Oc1cc(F)c2c(c1)CN(c1cnc(-c3ncccn3)nc1)CC2. The average Bonchev–Trinajstić information content (AvgIpc) is 2.62. The Morgan fingerprint density at radius 2 is 1.71 bits per heavy atom. The number of anilines is 1. The van der Waals surface area contributed by atoms with Gasteiger partial charge in [-0.3, -0.25) is 0 Å². The predicted octanol–water partition coefficient (Wildman–Crippen LogP) is 2.34. The topological polar surface area (TPSA) is 75.0 Å². The number of hydrogen-bond acceptors (Lipinski definition) is 6. The molecule has 0 fully saturated rings. The second kappa shape index (κ2) is 5.84. The summed E-state index contributed by atoms with van der Waals surface area (Å²) in [5.74, 6) is 0.527. The van der Waals surface area contributed by atoms with Crippen LogP contribution in [-0.2, 0) is 13.0 Å². The minimum Gasteiger partial charge on any atom is -0.508 e. The van der Waals surface area contributed by atoms with Crippen LogP contribution in [0.25, 0.3) is 11.6 Å². The van der Waals surface area contributed by atoms with Crippen molar-refractivity contribution < 1.29 is 9.50 Å². The van der Waals surface area contributed by atoms with Gasteiger partial charge in [-0.05, 0) is 29.7 Å². The molecule has 0 radical (unpaired) electrons. The van der Waals surface area contributed by atoms with Crippen molar-refractivity contribution in [3.63, 3.8) is 0 Å². The zero-order valence-electron chi connectivity index (χ0n) is 12.7. The first kappa shape index (κ1) is 14.5. The minimum atomic E-state index is -0.350. The molecular weight excluding hydrogens is 309 g/mol. The number of nitrogens with zero attached hydrogens (tertiary/aromatic N) is 5. The lowest BCUT2D eigenvalue weighted by Crippen LogP contribution is -2.31. The van der Waals surface area contributed by atoms with E-state index in [9.17, 15) is 9.50 Å². The highest BCUT2D eigenvalue weighted by molar-refractivity contribution is 5.51. The first-order valence-corrected chi connectivity index (χ1v) is 7.55. The molecule has 0 amide bonds. The second-order valence-electron chi connectivity index (χ2n) is 5.57. The van der Waals surface area contributed by atoms with Crippen LogP contribution in [-0.4, -0.2) is 31.6 Å². The molecule has 6 nitrogen and oxygen atoms in total. The van der Waals surface area contributed by atoms with E-state index in [1.54, 1.807) is 36.9 Å². The summed E-state index contributed by atoms with van der Waals surface area (Å²) in [6.45, 7) is 1.17. The van der Waals surface area contributed by atoms with Crippen molar-refractivity contribution in [3.05, 3.63) is 59.9 Å². The first-order valence-electron chi connectivity index (χ1n) is 7.55. The summed E-state index contributed by atoms with van der Waals surface area (Å²) in [5.41, 5.74) is 2.29. The fourth-order valence-electron chi connectivity index (χ4n) is 2.87. The lowest BCUT2D eigenvalue weighted by Gasteiger charge is -2.30. The molecule has 1 N–H and O–H groups in total. The molecule has 0 aliphatic carbocycles. The van der Waals surface area contributed by atoms with Crippen molar-refractivity contribution >= 4 is 5.69 Å². The van der Waals surface area contributed by atoms with Gasteiger partial charge in [0, 0.05) is 31.5 Å². The summed E-state index contributed by atoms with van der Waals surface area (Å²) in [4.78, 5) is 18.9. The largest absolute Gasteiger partial charge is 0.508 e. The standard InChI is InChI=1S/C17H14FN5O/c18-15-7-13(24)6-11-10-23(5-2-14(11)15)12-8-21-17(22-9-12)16-19-3-1-4-20-16/h1,3-4,6-9,24H,2,5,10H2. The lowest BCUT2D eigenvalue weighted by atomic mass is 9.98. The molecule has 3 heterocycles. The summed E-state index contributed by atoms with van der Waals surface area (Å²) in [5, 5.41) is 9.59. The Hall–Kier alpha value is -3.09. The Labute approximate surface area is 137 Å². The molecule has 0 spiro atoms. The number of aromatic hydroxyl groups is 1. The molecule has 3 aromatic rings. The highest BCUT2D eigenvalue weighted by atomic mass is 19.1. The molecule has 1 aliphatic rings. The van der Waals surface area contributed by atoms with E-state index in [0.29, 0.717) is 36.7 Å². The van der Waals surface area contributed by atoms with Crippen LogP contribution in [0.3, 0.4) is 0 Å². The van der Waals surface area contributed by atoms with Crippen molar-refractivity contribution in [3.8, 4) is 17.4 Å². The third-order valence-electron chi connectivity index (χ3n) is 4.03. The van der Waals surface area contributed by atoms with Crippen molar-refractivity contribution in [2.24, 2.45) is 0 Å². The Balaban J connectivity index is 1.59. The number of halogens is 1. The molecule has 0 unspecified atom stereocenters. The minimum absolute atomic E-state index is 0.0547. The van der Waals surface area contributed by atoms with Crippen molar-refractivity contribution in [1.82, 2.24) is 19.9 Å². The number of phenolic OH excluding ortho intramolecular Hbond substituents is 1. The monoisotopic (exact) mass is 323 g/mol. The van der Waals surface area contributed by atoms with Crippen molar-refractivity contribution in [1.29, 1.82) is 0 Å². The van der Waals surface area contributed by atoms with Gasteiger partial charge in [0.1, 0.15) is 11.6 Å². The molecule has 0 saturated heterocycles. The summed E-state index contributed by atoms with van der Waals surface area (Å²) < 4.78 is 13.9. The van der Waals surface area contributed by atoms with Crippen LogP contribution in [0.2, 0.25) is 0 Å². The zero-order valence-corrected chi connectivity index (χ0v) is 12.7. The predicted molar refractivity (Wildman–Crippen MR) is 85.9 cm³/mol. The molecular formula is C17H14FN5O. The van der Waals surface area contributed by atoms with Gasteiger partial charge < -0.3 is 10.0 Å². The Bertz CT molecular complexity index is 870. The molecule has 0 atom stereocenters. The number of rotatable bonds is 2. The van der Waals surface area contributed by atoms with Crippen LogP contribution in [0, 0.1) is 5.82 Å². The zero-order chi connectivity index (χ0) is 16.5. The summed E-state index contributed by atoms with van der Waals surface area (Å²) in [6, 6.07) is 4.50. The summed E-state index contributed by atoms with van der Waals surface area (Å²) >= 11 is 0. The fourth-order valence-corrected chi connectivity index (χ4v) is 2.87. The third-order valence-corrected chi connectivity index (χ3v) is 4.03. The van der Waals surface area contributed by atoms with Crippen LogP contribution in [0.5, 0.6) is 5.75 Å². The van der Waals surface area contributed by atoms with Crippen LogP contribution in [0.1, 0.15) is 11.1 Å². The average molecular weight is 323 g/mol. The van der Waals surface area contributed by atoms with Gasteiger partial charge in [0.15, 0.2) is 11.6 Å². The molecule has 0 bridgehead atoms. The van der Waals surface area contributed by atoms with Gasteiger partial charge in [-0.2, -0.15) is 0 Å².